The van der Waals surface area contributed by atoms with Gasteiger partial charge in [0.25, 0.3) is 10.0 Å². The van der Waals surface area contributed by atoms with Crippen molar-refractivity contribution in [3.63, 3.8) is 0 Å². The number of piperidine rings is 1. The van der Waals surface area contributed by atoms with Crippen molar-refractivity contribution >= 4 is 37.0 Å². The van der Waals surface area contributed by atoms with E-state index in [4.69, 9.17) is 4.74 Å². The molecule has 1 aliphatic heterocycles. The van der Waals surface area contributed by atoms with Gasteiger partial charge in [-0.05, 0) is 63.8 Å². The van der Waals surface area contributed by atoms with Crippen LogP contribution in [0.5, 0.6) is 0 Å². The Hall–Kier alpha value is -2.89. The standard InChI is InChI=1S/C26H33N3O6S2/c1-5-19-10-9-13-22-24(19)23(18-29(22)37(33,34)21-11-7-6-8-12-21)36(31,32)27-20-14-16-28(17-15-20)25(30)35-26(2,3)4/h6-13,18,20,27H,5,14-17H2,1-4H3. The lowest BCUT2D eigenvalue weighted by atomic mass is 10.1. The van der Waals surface area contributed by atoms with Crippen LogP contribution in [0.2, 0.25) is 0 Å². The molecule has 1 fully saturated rings. The van der Waals surface area contributed by atoms with Crippen LogP contribution in [0.3, 0.4) is 0 Å². The fourth-order valence-electron chi connectivity index (χ4n) is 4.49. The van der Waals surface area contributed by atoms with Crippen LogP contribution < -0.4 is 4.72 Å². The molecule has 1 saturated heterocycles. The minimum Gasteiger partial charge on any atom is -0.444 e. The van der Waals surface area contributed by atoms with Gasteiger partial charge in [0.2, 0.25) is 10.0 Å². The minimum absolute atomic E-state index is 0.0697. The lowest BCUT2D eigenvalue weighted by molar-refractivity contribution is 0.0203. The van der Waals surface area contributed by atoms with Gasteiger partial charge >= 0.3 is 6.09 Å². The lowest BCUT2D eigenvalue weighted by Gasteiger charge is -2.33. The predicted molar refractivity (Wildman–Crippen MR) is 141 cm³/mol. The molecule has 0 aliphatic carbocycles. The molecule has 3 aromatic rings. The molecule has 0 atom stereocenters. The summed E-state index contributed by atoms with van der Waals surface area (Å²) in [5.74, 6) is 0. The lowest BCUT2D eigenvalue weighted by Crippen LogP contribution is -2.47. The summed E-state index contributed by atoms with van der Waals surface area (Å²) in [5, 5.41) is 0.392. The number of amides is 1. The Morgan fingerprint density at radius 1 is 1.00 bits per heavy atom. The Bertz CT molecular complexity index is 1500. The van der Waals surface area contributed by atoms with Gasteiger partial charge in [-0.3, -0.25) is 0 Å². The first-order valence-corrected chi connectivity index (χ1v) is 15.2. The van der Waals surface area contributed by atoms with Crippen molar-refractivity contribution in [2.45, 2.75) is 68.4 Å². The first-order valence-electron chi connectivity index (χ1n) is 12.3. The summed E-state index contributed by atoms with van der Waals surface area (Å²) in [5.41, 5.74) is 0.434. The maximum Gasteiger partial charge on any atom is 0.410 e. The highest BCUT2D eigenvalue weighted by Gasteiger charge is 2.32. The summed E-state index contributed by atoms with van der Waals surface area (Å²) in [6.45, 7) is 7.99. The SMILES string of the molecule is CCc1cccc2c1c(S(=O)(=O)NC1CCN(C(=O)OC(C)(C)C)CC1)cn2S(=O)(=O)c1ccccc1. The third-order valence-corrected chi connectivity index (χ3v) is 9.51. The van der Waals surface area contributed by atoms with E-state index < -0.39 is 37.8 Å². The smallest absolute Gasteiger partial charge is 0.410 e. The van der Waals surface area contributed by atoms with E-state index in [0.29, 0.717) is 43.3 Å². The second-order valence-corrected chi connectivity index (χ2v) is 13.6. The highest BCUT2D eigenvalue weighted by Crippen LogP contribution is 2.32. The third kappa shape index (κ3) is 5.68. The van der Waals surface area contributed by atoms with Gasteiger partial charge in [-0.15, -0.1) is 0 Å². The fraction of sp³-hybridized carbons (Fsp3) is 0.423. The molecule has 200 valence electrons. The van der Waals surface area contributed by atoms with Crippen LogP contribution in [0.1, 0.15) is 46.1 Å². The first kappa shape index (κ1) is 27.2. The number of carbonyl (C=O) groups is 1. The molecule has 0 radical (unpaired) electrons. The van der Waals surface area contributed by atoms with E-state index in [2.05, 4.69) is 4.72 Å². The van der Waals surface area contributed by atoms with E-state index in [1.54, 1.807) is 62.1 Å². The Kier molecular flexibility index (Phi) is 7.42. The average molecular weight is 548 g/mol. The fourth-order valence-corrected chi connectivity index (χ4v) is 7.49. The van der Waals surface area contributed by atoms with Crippen molar-refractivity contribution < 1.29 is 26.4 Å². The third-order valence-electron chi connectivity index (χ3n) is 6.29. The van der Waals surface area contributed by atoms with Gasteiger partial charge < -0.3 is 9.64 Å². The number of hydrogen-bond donors (Lipinski definition) is 1. The Labute approximate surface area is 218 Å². The number of sulfonamides is 1. The Balaban J connectivity index is 1.65. The van der Waals surface area contributed by atoms with Crippen molar-refractivity contribution in [3.8, 4) is 0 Å². The number of aromatic nitrogens is 1. The summed E-state index contributed by atoms with van der Waals surface area (Å²) in [7, 11) is -8.11. The van der Waals surface area contributed by atoms with Crippen molar-refractivity contribution in [1.82, 2.24) is 13.6 Å². The number of benzene rings is 2. The molecule has 2 aromatic carbocycles. The number of fused-ring (bicyclic) bond motifs is 1. The molecule has 0 spiro atoms. The monoisotopic (exact) mass is 547 g/mol. The van der Waals surface area contributed by atoms with Crippen molar-refractivity contribution in [2.24, 2.45) is 0 Å². The van der Waals surface area contributed by atoms with Gasteiger partial charge in [-0.25, -0.2) is 30.3 Å². The molecular formula is C26H33N3O6S2. The zero-order valence-electron chi connectivity index (χ0n) is 21.5. The number of rotatable bonds is 6. The number of nitrogens with zero attached hydrogens (tertiary/aromatic N) is 2. The molecule has 2 heterocycles. The zero-order chi connectivity index (χ0) is 27.0. The minimum atomic E-state index is -4.08. The van der Waals surface area contributed by atoms with E-state index in [1.165, 1.54) is 18.3 Å². The van der Waals surface area contributed by atoms with Gasteiger partial charge in [-0.2, -0.15) is 0 Å². The second-order valence-electron chi connectivity index (χ2n) is 10.1. The molecule has 0 saturated carbocycles. The molecule has 1 aliphatic rings. The van der Waals surface area contributed by atoms with E-state index >= 15 is 0 Å². The summed E-state index contributed by atoms with van der Waals surface area (Å²) < 4.78 is 63.4. The summed E-state index contributed by atoms with van der Waals surface area (Å²) in [6, 6.07) is 12.7. The highest BCUT2D eigenvalue weighted by atomic mass is 32.2. The molecule has 0 unspecified atom stereocenters. The number of hydrogen-bond acceptors (Lipinski definition) is 6. The summed E-state index contributed by atoms with van der Waals surface area (Å²) in [6.07, 6.45) is 2.14. The van der Waals surface area contributed by atoms with Crippen LogP contribution >= 0.6 is 0 Å². The van der Waals surface area contributed by atoms with Gasteiger partial charge in [0.15, 0.2) is 0 Å². The largest absolute Gasteiger partial charge is 0.444 e. The molecule has 9 nitrogen and oxygen atoms in total. The number of carbonyl (C=O) groups excluding carboxylic acids is 1. The van der Waals surface area contributed by atoms with Crippen LogP contribution in [0.15, 0.2) is 64.5 Å². The topological polar surface area (TPSA) is 115 Å². The summed E-state index contributed by atoms with van der Waals surface area (Å²) in [4.78, 5) is 13.9. The van der Waals surface area contributed by atoms with E-state index in [-0.39, 0.29) is 9.79 Å². The Morgan fingerprint density at radius 3 is 2.24 bits per heavy atom. The van der Waals surface area contributed by atoms with Gasteiger partial charge in [0, 0.05) is 30.7 Å². The number of nitrogens with one attached hydrogen (secondary N) is 1. The normalized spacial score (nSPS) is 15.7. The molecule has 1 aromatic heterocycles. The molecule has 0 bridgehead atoms. The van der Waals surface area contributed by atoms with Crippen molar-refractivity contribution in [3.05, 3.63) is 60.3 Å². The van der Waals surface area contributed by atoms with E-state index in [0.717, 1.165) is 9.54 Å². The van der Waals surface area contributed by atoms with Gasteiger partial charge in [-0.1, -0.05) is 37.3 Å². The summed E-state index contributed by atoms with van der Waals surface area (Å²) >= 11 is 0. The molecule has 37 heavy (non-hydrogen) atoms. The molecule has 1 N–H and O–H groups in total. The van der Waals surface area contributed by atoms with Crippen LogP contribution in [-0.4, -0.2) is 56.5 Å². The first-order chi connectivity index (χ1) is 17.3. The molecular weight excluding hydrogens is 514 g/mol. The molecule has 1 amide bonds. The van der Waals surface area contributed by atoms with E-state index in [1.807, 2.05) is 6.92 Å². The van der Waals surface area contributed by atoms with Crippen LogP contribution in [0, 0.1) is 0 Å². The average Bonchev–Trinajstić information content (AvgIpc) is 3.25. The highest BCUT2D eigenvalue weighted by molar-refractivity contribution is 7.91. The maximum absolute atomic E-state index is 13.6. The zero-order valence-corrected chi connectivity index (χ0v) is 23.1. The quantitative estimate of drug-likeness (QED) is 0.497. The van der Waals surface area contributed by atoms with Crippen LogP contribution in [0.4, 0.5) is 4.79 Å². The van der Waals surface area contributed by atoms with Crippen molar-refractivity contribution in [1.29, 1.82) is 0 Å². The molecule has 4 rings (SSSR count). The van der Waals surface area contributed by atoms with Crippen LogP contribution in [0.25, 0.3) is 10.9 Å². The van der Waals surface area contributed by atoms with Gasteiger partial charge in [0.05, 0.1) is 10.4 Å². The maximum atomic E-state index is 13.6. The molecule has 11 heteroatoms. The van der Waals surface area contributed by atoms with Gasteiger partial charge in [0.1, 0.15) is 10.5 Å². The van der Waals surface area contributed by atoms with Crippen LogP contribution in [-0.2, 0) is 31.2 Å². The predicted octanol–water partition coefficient (Wildman–Crippen LogP) is 4.12. The Morgan fingerprint density at radius 2 is 1.65 bits per heavy atom. The van der Waals surface area contributed by atoms with E-state index in [9.17, 15) is 21.6 Å². The number of likely N-dealkylation sites (tertiary alicyclic amines) is 1. The van der Waals surface area contributed by atoms with Crippen molar-refractivity contribution in [2.75, 3.05) is 13.1 Å². The second kappa shape index (κ2) is 10.1. The number of aryl methyl sites for hydroxylation is 1. The number of ether oxygens (including phenoxy) is 1.